The lowest BCUT2D eigenvalue weighted by Gasteiger charge is -2.45. The molecule has 2 aliphatic rings. The van der Waals surface area contributed by atoms with Crippen LogP contribution in [-0.4, -0.2) is 24.3 Å². The lowest BCUT2D eigenvalue weighted by molar-refractivity contribution is -0.153. The number of hydrogen-bond donors (Lipinski definition) is 1. The van der Waals surface area contributed by atoms with Gasteiger partial charge in [0.1, 0.15) is 0 Å². The summed E-state index contributed by atoms with van der Waals surface area (Å²) in [4.78, 5) is 0. The molecule has 2 fully saturated rings. The van der Waals surface area contributed by atoms with Crippen LogP contribution in [0.15, 0.2) is 0 Å². The summed E-state index contributed by atoms with van der Waals surface area (Å²) in [7, 11) is 0. The van der Waals surface area contributed by atoms with Gasteiger partial charge in [0.05, 0.1) is 11.7 Å². The van der Waals surface area contributed by atoms with Crippen molar-refractivity contribution in [1.29, 1.82) is 0 Å². The first kappa shape index (κ1) is 14.3. The van der Waals surface area contributed by atoms with Crippen molar-refractivity contribution >= 4 is 0 Å². The molecule has 1 N–H and O–H groups in total. The highest BCUT2D eigenvalue weighted by molar-refractivity contribution is 4.92. The van der Waals surface area contributed by atoms with Gasteiger partial charge in [0.2, 0.25) is 0 Å². The summed E-state index contributed by atoms with van der Waals surface area (Å²) in [5.74, 6) is 0.921. The van der Waals surface area contributed by atoms with E-state index in [2.05, 4.69) is 26.1 Å². The molecule has 0 spiro atoms. The van der Waals surface area contributed by atoms with Crippen LogP contribution in [0.25, 0.3) is 0 Å². The van der Waals surface area contributed by atoms with Crippen LogP contribution in [0.1, 0.15) is 72.1 Å². The highest BCUT2D eigenvalue weighted by atomic mass is 16.5. The van der Waals surface area contributed by atoms with E-state index in [9.17, 15) is 0 Å². The monoisotopic (exact) mass is 253 g/mol. The van der Waals surface area contributed by atoms with E-state index in [1.807, 2.05) is 0 Å². The second-order valence-electron chi connectivity index (χ2n) is 6.90. The maximum Gasteiger partial charge on any atom is 0.0698 e. The third-order valence-electron chi connectivity index (χ3n) is 4.78. The molecule has 0 saturated heterocycles. The molecule has 2 rings (SSSR count). The van der Waals surface area contributed by atoms with E-state index in [4.69, 9.17) is 4.74 Å². The average Bonchev–Trinajstić information content (AvgIpc) is 2.28. The Balaban J connectivity index is 1.73. The smallest absolute Gasteiger partial charge is 0.0698 e. The molecule has 0 atom stereocenters. The minimum absolute atomic E-state index is 0.243. The molecule has 18 heavy (non-hydrogen) atoms. The Hall–Kier alpha value is -0.0800. The van der Waals surface area contributed by atoms with Crippen molar-refractivity contribution in [3.05, 3.63) is 0 Å². The molecular weight excluding hydrogens is 222 g/mol. The predicted octanol–water partition coefficient (Wildman–Crippen LogP) is 3.89. The molecule has 0 radical (unpaired) electrons. The summed E-state index contributed by atoms with van der Waals surface area (Å²) in [6, 6.07) is 0.595. The number of ether oxygens (including phenoxy) is 1. The van der Waals surface area contributed by atoms with Gasteiger partial charge in [0.25, 0.3) is 0 Å². The fourth-order valence-corrected chi connectivity index (χ4v) is 3.29. The van der Waals surface area contributed by atoms with Gasteiger partial charge in [-0.2, -0.15) is 0 Å². The predicted molar refractivity (Wildman–Crippen MR) is 76.8 cm³/mol. The fraction of sp³-hybridized carbons (Fsp3) is 1.00. The molecular formula is C16H31NO. The summed E-state index contributed by atoms with van der Waals surface area (Å²) in [5, 5.41) is 3.53. The zero-order chi connectivity index (χ0) is 13.0. The summed E-state index contributed by atoms with van der Waals surface area (Å²) in [6.07, 6.45) is 11.0. The fourth-order valence-electron chi connectivity index (χ4n) is 3.29. The number of hydrogen-bond acceptors (Lipinski definition) is 2. The van der Waals surface area contributed by atoms with E-state index in [1.165, 1.54) is 51.4 Å². The highest BCUT2D eigenvalue weighted by Crippen LogP contribution is 2.41. The molecule has 0 aromatic heterocycles. The van der Waals surface area contributed by atoms with Gasteiger partial charge >= 0.3 is 0 Å². The maximum absolute atomic E-state index is 6.51. The minimum Gasteiger partial charge on any atom is -0.372 e. The lowest BCUT2D eigenvalue weighted by Crippen LogP contribution is -2.46. The van der Waals surface area contributed by atoms with E-state index >= 15 is 0 Å². The van der Waals surface area contributed by atoms with Crippen molar-refractivity contribution in [1.82, 2.24) is 5.32 Å². The van der Waals surface area contributed by atoms with Crippen molar-refractivity contribution in [2.75, 3.05) is 6.54 Å². The van der Waals surface area contributed by atoms with E-state index in [0.29, 0.717) is 12.1 Å². The van der Waals surface area contributed by atoms with Crippen molar-refractivity contribution in [3.63, 3.8) is 0 Å². The van der Waals surface area contributed by atoms with Gasteiger partial charge in [0, 0.05) is 6.04 Å². The van der Waals surface area contributed by atoms with E-state index < -0.39 is 0 Å². The van der Waals surface area contributed by atoms with E-state index in [-0.39, 0.29) is 5.60 Å². The summed E-state index contributed by atoms with van der Waals surface area (Å²) >= 11 is 0. The largest absolute Gasteiger partial charge is 0.372 e. The Kier molecular flexibility index (Phi) is 5.08. The minimum atomic E-state index is 0.243. The van der Waals surface area contributed by atoms with Crippen LogP contribution in [0.2, 0.25) is 0 Å². The molecule has 0 bridgehead atoms. The SMILES string of the molecule is CC1CCC(OC2(CCNC(C)C)CCC2)CC1. The Bertz CT molecular complexity index is 239. The van der Waals surface area contributed by atoms with Crippen molar-refractivity contribution in [3.8, 4) is 0 Å². The Morgan fingerprint density at radius 1 is 1.17 bits per heavy atom. The Morgan fingerprint density at radius 2 is 1.83 bits per heavy atom. The van der Waals surface area contributed by atoms with E-state index in [1.54, 1.807) is 0 Å². The van der Waals surface area contributed by atoms with Crippen LogP contribution in [0.4, 0.5) is 0 Å². The molecule has 2 saturated carbocycles. The van der Waals surface area contributed by atoms with Crippen molar-refractivity contribution in [2.45, 2.75) is 89.9 Å². The van der Waals surface area contributed by atoms with Crippen LogP contribution in [0.5, 0.6) is 0 Å². The third-order valence-corrected chi connectivity index (χ3v) is 4.78. The summed E-state index contributed by atoms with van der Waals surface area (Å²) in [6.45, 7) is 7.93. The lowest BCUT2D eigenvalue weighted by atomic mass is 9.76. The molecule has 0 amide bonds. The Labute approximate surface area is 113 Å². The molecule has 2 nitrogen and oxygen atoms in total. The standard InChI is InChI=1S/C16H31NO/c1-13(2)17-12-11-16(9-4-10-16)18-15-7-5-14(3)6-8-15/h13-15,17H,4-12H2,1-3H3. The van der Waals surface area contributed by atoms with Crippen molar-refractivity contribution < 1.29 is 4.74 Å². The van der Waals surface area contributed by atoms with Gasteiger partial charge in [-0.15, -0.1) is 0 Å². The van der Waals surface area contributed by atoms with Gasteiger partial charge in [-0.05, 0) is 63.8 Å². The molecule has 2 aliphatic carbocycles. The molecule has 106 valence electrons. The first-order valence-corrected chi connectivity index (χ1v) is 8.01. The van der Waals surface area contributed by atoms with Crippen LogP contribution in [0.3, 0.4) is 0 Å². The summed E-state index contributed by atoms with van der Waals surface area (Å²) < 4.78 is 6.51. The van der Waals surface area contributed by atoms with Gasteiger partial charge in [-0.1, -0.05) is 20.8 Å². The number of rotatable bonds is 6. The zero-order valence-electron chi connectivity index (χ0n) is 12.5. The molecule has 0 aromatic carbocycles. The second-order valence-corrected chi connectivity index (χ2v) is 6.90. The zero-order valence-corrected chi connectivity index (χ0v) is 12.5. The normalized spacial score (nSPS) is 31.3. The van der Waals surface area contributed by atoms with Crippen LogP contribution in [-0.2, 0) is 4.74 Å². The van der Waals surface area contributed by atoms with Crippen LogP contribution >= 0.6 is 0 Å². The number of nitrogens with one attached hydrogen (secondary N) is 1. The molecule has 0 aromatic rings. The molecule has 0 unspecified atom stereocenters. The molecule has 0 aliphatic heterocycles. The van der Waals surface area contributed by atoms with Crippen LogP contribution in [0, 0.1) is 5.92 Å². The highest BCUT2D eigenvalue weighted by Gasteiger charge is 2.40. The second kappa shape index (κ2) is 6.38. The van der Waals surface area contributed by atoms with Gasteiger partial charge in [-0.25, -0.2) is 0 Å². The molecule has 0 heterocycles. The van der Waals surface area contributed by atoms with Gasteiger partial charge < -0.3 is 10.1 Å². The van der Waals surface area contributed by atoms with Gasteiger partial charge in [0.15, 0.2) is 0 Å². The molecule has 2 heteroatoms. The summed E-state index contributed by atoms with van der Waals surface area (Å²) in [5.41, 5.74) is 0.243. The third kappa shape index (κ3) is 3.96. The Morgan fingerprint density at radius 3 is 2.33 bits per heavy atom. The van der Waals surface area contributed by atoms with Gasteiger partial charge in [-0.3, -0.25) is 0 Å². The average molecular weight is 253 g/mol. The topological polar surface area (TPSA) is 21.3 Å². The van der Waals surface area contributed by atoms with Crippen molar-refractivity contribution in [2.24, 2.45) is 5.92 Å². The first-order valence-electron chi connectivity index (χ1n) is 8.01. The quantitative estimate of drug-likeness (QED) is 0.775. The maximum atomic E-state index is 6.51. The van der Waals surface area contributed by atoms with E-state index in [0.717, 1.165) is 12.5 Å². The van der Waals surface area contributed by atoms with Crippen LogP contribution < -0.4 is 5.32 Å². The first-order chi connectivity index (χ1) is 8.60.